The Morgan fingerprint density at radius 3 is 2.71 bits per heavy atom. The van der Waals surface area contributed by atoms with Crippen molar-refractivity contribution in [2.24, 2.45) is 0 Å². The van der Waals surface area contributed by atoms with Crippen molar-refractivity contribution >= 4 is 10.8 Å². The molecule has 0 bridgehead atoms. The van der Waals surface area contributed by atoms with E-state index in [4.69, 9.17) is 0 Å². The summed E-state index contributed by atoms with van der Waals surface area (Å²) in [4.78, 5) is 0. The molecule has 2 nitrogen and oxygen atoms in total. The van der Waals surface area contributed by atoms with E-state index in [1.165, 1.54) is 11.1 Å². The predicted octanol–water partition coefficient (Wildman–Crippen LogP) is 2.42. The number of hydrogen-bond acceptors (Lipinski definition) is 2. The molecule has 94 valence electrons. The maximum atomic E-state index is 11.8. The van der Waals surface area contributed by atoms with Crippen LogP contribution < -0.4 is 5.32 Å². The predicted molar refractivity (Wildman–Crippen MR) is 73.7 cm³/mol. The van der Waals surface area contributed by atoms with E-state index in [9.17, 15) is 4.21 Å². The number of benzene rings is 1. The fourth-order valence-electron chi connectivity index (χ4n) is 2.23. The smallest absolute Gasteiger partial charge is 0.0438 e. The van der Waals surface area contributed by atoms with Crippen LogP contribution in [0.25, 0.3) is 0 Å². The van der Waals surface area contributed by atoms with E-state index in [0.717, 1.165) is 24.3 Å². The maximum absolute atomic E-state index is 11.8. The summed E-state index contributed by atoms with van der Waals surface area (Å²) in [7, 11) is -0.678. The van der Waals surface area contributed by atoms with Crippen molar-refractivity contribution in [3.8, 4) is 0 Å². The van der Waals surface area contributed by atoms with Crippen molar-refractivity contribution in [3.63, 3.8) is 0 Å². The van der Waals surface area contributed by atoms with Crippen molar-refractivity contribution in [2.45, 2.75) is 38.8 Å². The van der Waals surface area contributed by atoms with Gasteiger partial charge in [0.1, 0.15) is 0 Å². The van der Waals surface area contributed by atoms with Crippen LogP contribution in [-0.2, 0) is 17.2 Å². The lowest BCUT2D eigenvalue weighted by Gasteiger charge is -2.19. The van der Waals surface area contributed by atoms with Gasteiger partial charge in [-0.15, -0.1) is 0 Å². The summed E-state index contributed by atoms with van der Waals surface area (Å²) in [6.45, 7) is 4.34. The first kappa shape index (κ1) is 12.8. The summed E-state index contributed by atoms with van der Waals surface area (Å²) >= 11 is 0. The van der Waals surface area contributed by atoms with E-state index in [0.29, 0.717) is 6.04 Å². The third-order valence-electron chi connectivity index (χ3n) is 3.41. The van der Waals surface area contributed by atoms with Crippen LogP contribution in [0.4, 0.5) is 0 Å². The molecule has 17 heavy (non-hydrogen) atoms. The molecule has 0 aliphatic carbocycles. The molecule has 1 saturated heterocycles. The zero-order valence-electron chi connectivity index (χ0n) is 10.6. The molecule has 3 atom stereocenters. The summed E-state index contributed by atoms with van der Waals surface area (Å²) in [5, 5.41) is 3.57. The van der Waals surface area contributed by atoms with E-state index >= 15 is 0 Å². The largest absolute Gasteiger partial charge is 0.307 e. The molecule has 0 spiro atoms. The van der Waals surface area contributed by atoms with Gasteiger partial charge in [0.15, 0.2) is 0 Å². The molecule has 1 aliphatic rings. The third kappa shape index (κ3) is 3.39. The second-order valence-electron chi connectivity index (χ2n) is 4.81. The van der Waals surface area contributed by atoms with Gasteiger partial charge in [-0.1, -0.05) is 31.2 Å². The van der Waals surface area contributed by atoms with Crippen molar-refractivity contribution in [1.29, 1.82) is 0 Å². The van der Waals surface area contributed by atoms with Crippen molar-refractivity contribution in [1.82, 2.24) is 5.32 Å². The maximum Gasteiger partial charge on any atom is 0.0438 e. The van der Waals surface area contributed by atoms with Gasteiger partial charge in [0.05, 0.1) is 0 Å². The number of hydrogen-bond donors (Lipinski definition) is 1. The summed E-state index contributed by atoms with van der Waals surface area (Å²) in [6, 6.07) is 9.40. The number of aryl methyl sites for hydroxylation is 1. The highest BCUT2D eigenvalue weighted by Gasteiger charge is 2.21. The van der Waals surface area contributed by atoms with Gasteiger partial charge in [-0.2, -0.15) is 0 Å². The molecule has 0 amide bonds. The van der Waals surface area contributed by atoms with Crippen molar-refractivity contribution in [3.05, 3.63) is 35.4 Å². The monoisotopic (exact) mass is 251 g/mol. The molecule has 0 aromatic heterocycles. The second kappa shape index (κ2) is 5.78. The zero-order valence-corrected chi connectivity index (χ0v) is 11.4. The Bertz CT molecular complexity index is 388. The fraction of sp³-hybridized carbons (Fsp3) is 0.571. The minimum Gasteiger partial charge on any atom is -0.307 e. The van der Waals surface area contributed by atoms with E-state index in [2.05, 4.69) is 43.4 Å². The molecule has 3 heteroatoms. The Morgan fingerprint density at radius 2 is 2.06 bits per heavy atom. The van der Waals surface area contributed by atoms with Gasteiger partial charge in [0.25, 0.3) is 0 Å². The van der Waals surface area contributed by atoms with Crippen LogP contribution in [0.15, 0.2) is 24.3 Å². The Labute approximate surface area is 106 Å². The van der Waals surface area contributed by atoms with Gasteiger partial charge < -0.3 is 5.32 Å². The molecule has 2 rings (SSSR count). The normalized spacial score (nSPS) is 29.9. The number of rotatable bonds is 2. The third-order valence-corrected chi connectivity index (χ3v) is 4.80. The van der Waals surface area contributed by atoms with Crippen LogP contribution in [0.2, 0.25) is 0 Å². The van der Waals surface area contributed by atoms with Crippen molar-refractivity contribution < 1.29 is 4.21 Å². The quantitative estimate of drug-likeness (QED) is 0.874. The minimum atomic E-state index is -0.678. The Hall–Kier alpha value is -0.670. The minimum absolute atomic E-state index is 0.249. The first-order valence-corrected chi connectivity index (χ1v) is 7.87. The topological polar surface area (TPSA) is 29.1 Å². The van der Waals surface area contributed by atoms with Crippen LogP contribution in [0.5, 0.6) is 0 Å². The number of nitrogens with one attached hydrogen (secondary N) is 1. The van der Waals surface area contributed by atoms with E-state index in [1.54, 1.807) is 0 Å². The molecule has 1 fully saturated rings. The molecule has 1 aliphatic heterocycles. The Morgan fingerprint density at radius 1 is 1.35 bits per heavy atom. The molecule has 3 unspecified atom stereocenters. The lowest BCUT2D eigenvalue weighted by molar-refractivity contribution is 0.484. The molecule has 0 saturated carbocycles. The second-order valence-corrected chi connectivity index (χ2v) is 6.44. The molecular formula is C14H21NOS. The highest BCUT2D eigenvalue weighted by atomic mass is 32.2. The Balaban J connectivity index is 2.15. The highest BCUT2D eigenvalue weighted by molar-refractivity contribution is 7.85. The van der Waals surface area contributed by atoms with Crippen LogP contribution >= 0.6 is 0 Å². The first-order chi connectivity index (χ1) is 8.19. The summed E-state index contributed by atoms with van der Waals surface area (Å²) in [5.74, 6) is 1.58. The summed E-state index contributed by atoms with van der Waals surface area (Å²) in [6.07, 6.45) is 2.08. The van der Waals surface area contributed by atoms with Crippen LogP contribution in [0.1, 0.15) is 37.4 Å². The van der Waals surface area contributed by atoms with Crippen LogP contribution in [-0.4, -0.2) is 21.8 Å². The highest BCUT2D eigenvalue weighted by Crippen LogP contribution is 2.19. The molecular weight excluding hydrogens is 230 g/mol. The van der Waals surface area contributed by atoms with E-state index in [-0.39, 0.29) is 6.04 Å². The van der Waals surface area contributed by atoms with E-state index < -0.39 is 10.8 Å². The fourth-order valence-corrected chi connectivity index (χ4v) is 3.67. The standard InChI is InChI=1S/C14H21NOS/c1-3-12-4-6-13(7-5-12)14-10-17(16)9-8-11(2)15-14/h4-7,11,14-15H,3,8-10H2,1-2H3. The molecule has 1 aromatic rings. The van der Waals surface area contributed by atoms with E-state index in [1.807, 2.05) is 0 Å². The van der Waals surface area contributed by atoms with Gasteiger partial charge in [-0.25, -0.2) is 0 Å². The molecule has 0 radical (unpaired) electrons. The first-order valence-electron chi connectivity index (χ1n) is 6.39. The Kier molecular flexibility index (Phi) is 4.35. The molecule has 1 heterocycles. The summed E-state index contributed by atoms with van der Waals surface area (Å²) in [5.41, 5.74) is 2.63. The summed E-state index contributed by atoms with van der Waals surface area (Å²) < 4.78 is 11.8. The zero-order chi connectivity index (χ0) is 12.3. The van der Waals surface area contributed by atoms with Gasteiger partial charge in [-0.3, -0.25) is 4.21 Å². The van der Waals surface area contributed by atoms with Gasteiger partial charge >= 0.3 is 0 Å². The van der Waals surface area contributed by atoms with Crippen LogP contribution in [0.3, 0.4) is 0 Å². The van der Waals surface area contributed by atoms with Crippen LogP contribution in [0, 0.1) is 0 Å². The lowest BCUT2D eigenvalue weighted by atomic mass is 10.0. The average Bonchev–Trinajstić information content (AvgIpc) is 2.51. The van der Waals surface area contributed by atoms with Gasteiger partial charge in [0.2, 0.25) is 0 Å². The molecule has 1 N–H and O–H groups in total. The average molecular weight is 251 g/mol. The SMILES string of the molecule is CCc1ccc(C2CS(=O)CCC(C)N2)cc1. The molecule has 1 aromatic carbocycles. The van der Waals surface area contributed by atoms with Gasteiger partial charge in [0, 0.05) is 34.4 Å². The van der Waals surface area contributed by atoms with Crippen molar-refractivity contribution in [2.75, 3.05) is 11.5 Å². The van der Waals surface area contributed by atoms with Gasteiger partial charge in [-0.05, 0) is 30.9 Å². The lowest BCUT2D eigenvalue weighted by Crippen LogP contribution is -2.30.